The molecule has 116 valence electrons. The zero-order chi connectivity index (χ0) is 14.7. The van der Waals surface area contributed by atoms with Crippen molar-refractivity contribution < 1.29 is 9.47 Å². The van der Waals surface area contributed by atoms with Gasteiger partial charge in [0.15, 0.2) is 0 Å². The van der Waals surface area contributed by atoms with Gasteiger partial charge >= 0.3 is 12.0 Å². The summed E-state index contributed by atoms with van der Waals surface area (Å²) in [4.78, 5) is 15.1. The van der Waals surface area contributed by atoms with Crippen LogP contribution in [0.15, 0.2) is 0 Å². The summed E-state index contributed by atoms with van der Waals surface area (Å²) < 4.78 is 10.3. The molecule has 0 aromatic carbocycles. The fraction of sp³-hybridized carbons (Fsp3) is 0.786. The molecule has 1 aliphatic heterocycles. The zero-order valence-electron chi connectivity index (χ0n) is 12.7. The van der Waals surface area contributed by atoms with Crippen LogP contribution >= 0.6 is 0 Å². The van der Waals surface area contributed by atoms with E-state index in [2.05, 4.69) is 25.2 Å². The van der Waals surface area contributed by atoms with Gasteiger partial charge in [-0.1, -0.05) is 6.42 Å². The average Bonchev–Trinajstić information content (AvgIpc) is 3.37. The van der Waals surface area contributed by atoms with Gasteiger partial charge in [0.05, 0.1) is 14.2 Å². The smallest absolute Gasteiger partial charge is 0.324 e. The van der Waals surface area contributed by atoms with Gasteiger partial charge in [0.2, 0.25) is 5.95 Å². The second kappa shape index (κ2) is 6.43. The number of hydrogen-bond donors (Lipinski definition) is 1. The highest BCUT2D eigenvalue weighted by atomic mass is 16.5. The van der Waals surface area contributed by atoms with E-state index < -0.39 is 0 Å². The number of ether oxygens (including phenoxy) is 2. The van der Waals surface area contributed by atoms with E-state index in [0.717, 1.165) is 13.1 Å². The van der Waals surface area contributed by atoms with Crippen molar-refractivity contribution in [3.8, 4) is 12.0 Å². The third kappa shape index (κ3) is 3.53. The summed E-state index contributed by atoms with van der Waals surface area (Å²) in [6, 6.07) is 1.65. The normalized spacial score (nSPS) is 21.9. The molecule has 1 saturated heterocycles. The minimum Gasteiger partial charge on any atom is -0.467 e. The van der Waals surface area contributed by atoms with Crippen LogP contribution in [0.3, 0.4) is 0 Å². The van der Waals surface area contributed by atoms with Crippen molar-refractivity contribution in [3.63, 3.8) is 0 Å². The Kier molecular flexibility index (Phi) is 4.38. The van der Waals surface area contributed by atoms with Crippen LogP contribution in [0.1, 0.15) is 32.1 Å². The van der Waals surface area contributed by atoms with Crippen LogP contribution in [0.25, 0.3) is 0 Å². The first-order valence-corrected chi connectivity index (χ1v) is 7.64. The summed E-state index contributed by atoms with van der Waals surface area (Å²) in [5.41, 5.74) is 0. The molecule has 1 aliphatic carbocycles. The molecule has 0 amide bonds. The molecule has 1 unspecified atom stereocenters. The average molecular weight is 293 g/mol. The lowest BCUT2D eigenvalue weighted by atomic mass is 10.0. The van der Waals surface area contributed by atoms with E-state index in [1.807, 2.05) is 0 Å². The summed E-state index contributed by atoms with van der Waals surface area (Å²) in [6.45, 7) is 2.04. The summed E-state index contributed by atoms with van der Waals surface area (Å²) in [5, 5.41) is 3.58. The molecule has 2 fully saturated rings. The number of rotatable bonds is 6. The summed E-state index contributed by atoms with van der Waals surface area (Å²) in [6.07, 6.45) is 6.17. The number of hydrogen-bond acceptors (Lipinski definition) is 7. The van der Waals surface area contributed by atoms with Gasteiger partial charge in [0.25, 0.3) is 0 Å². The van der Waals surface area contributed by atoms with Crippen molar-refractivity contribution in [2.75, 3.05) is 32.2 Å². The van der Waals surface area contributed by atoms with Crippen molar-refractivity contribution in [2.45, 2.75) is 44.2 Å². The Bertz CT molecular complexity index is 452. The number of nitrogens with zero attached hydrogens (tertiary/aromatic N) is 4. The van der Waals surface area contributed by atoms with E-state index >= 15 is 0 Å². The number of anilines is 1. The van der Waals surface area contributed by atoms with E-state index in [4.69, 9.17) is 9.47 Å². The minimum absolute atomic E-state index is 0.305. The maximum Gasteiger partial charge on any atom is 0.324 e. The third-order valence-corrected chi connectivity index (χ3v) is 4.02. The summed E-state index contributed by atoms with van der Waals surface area (Å²) in [7, 11) is 3.12. The highest BCUT2D eigenvalue weighted by Crippen LogP contribution is 2.31. The fourth-order valence-corrected chi connectivity index (χ4v) is 2.74. The van der Waals surface area contributed by atoms with Crippen molar-refractivity contribution in [1.82, 2.24) is 20.3 Å². The first-order chi connectivity index (χ1) is 10.3. The first kappa shape index (κ1) is 14.3. The van der Waals surface area contributed by atoms with E-state index in [1.165, 1.54) is 32.1 Å². The Hall–Kier alpha value is -1.63. The van der Waals surface area contributed by atoms with Crippen molar-refractivity contribution in [3.05, 3.63) is 0 Å². The van der Waals surface area contributed by atoms with E-state index in [0.29, 0.717) is 30.1 Å². The number of nitrogens with one attached hydrogen (secondary N) is 1. The van der Waals surface area contributed by atoms with Gasteiger partial charge in [-0.05, 0) is 32.2 Å². The quantitative estimate of drug-likeness (QED) is 0.838. The highest BCUT2D eigenvalue weighted by Gasteiger charge is 2.33. The molecule has 1 aromatic rings. The molecule has 0 bridgehead atoms. The molecule has 3 rings (SSSR count). The summed E-state index contributed by atoms with van der Waals surface area (Å²) >= 11 is 0. The molecule has 0 spiro atoms. The Morgan fingerprint density at radius 3 is 2.29 bits per heavy atom. The Morgan fingerprint density at radius 1 is 1.05 bits per heavy atom. The Morgan fingerprint density at radius 2 is 1.76 bits per heavy atom. The second-order valence-electron chi connectivity index (χ2n) is 5.64. The van der Waals surface area contributed by atoms with Gasteiger partial charge < -0.3 is 19.7 Å². The maximum atomic E-state index is 5.15. The van der Waals surface area contributed by atoms with E-state index in [9.17, 15) is 0 Å². The maximum absolute atomic E-state index is 5.15. The lowest BCUT2D eigenvalue weighted by molar-refractivity contribution is 0.338. The van der Waals surface area contributed by atoms with Crippen LogP contribution in [-0.2, 0) is 0 Å². The topological polar surface area (TPSA) is 72.4 Å². The molecule has 7 nitrogen and oxygen atoms in total. The highest BCUT2D eigenvalue weighted by molar-refractivity contribution is 5.36. The largest absolute Gasteiger partial charge is 0.467 e. The molecule has 1 aromatic heterocycles. The van der Waals surface area contributed by atoms with Crippen LogP contribution in [0.5, 0.6) is 12.0 Å². The number of aromatic nitrogens is 3. The van der Waals surface area contributed by atoms with Gasteiger partial charge in [0.1, 0.15) is 0 Å². The molecule has 1 saturated carbocycles. The van der Waals surface area contributed by atoms with Gasteiger partial charge in [-0.15, -0.1) is 4.98 Å². The lowest BCUT2D eigenvalue weighted by Gasteiger charge is -2.30. The third-order valence-electron chi connectivity index (χ3n) is 4.02. The fourth-order valence-electron chi connectivity index (χ4n) is 2.74. The summed E-state index contributed by atoms with van der Waals surface area (Å²) in [5.74, 6) is 0.661. The molecule has 2 heterocycles. The van der Waals surface area contributed by atoms with Gasteiger partial charge in [-0.25, -0.2) is 0 Å². The Labute approximate surface area is 125 Å². The van der Waals surface area contributed by atoms with Crippen molar-refractivity contribution >= 4 is 5.95 Å². The molecule has 21 heavy (non-hydrogen) atoms. The molecular formula is C14H23N5O2. The van der Waals surface area contributed by atoms with Gasteiger partial charge in [-0.3, -0.25) is 0 Å². The van der Waals surface area contributed by atoms with Crippen LogP contribution in [0.2, 0.25) is 0 Å². The Balaban J connectivity index is 1.79. The standard InChI is InChI=1S/C14H23N5O2/c1-20-13-16-12(17-14(18-13)21-2)19(11-6-7-11)9-10-5-3-4-8-15-10/h10-11,15H,3-9H2,1-2H3. The molecule has 1 atom stereocenters. The van der Waals surface area contributed by atoms with Crippen molar-refractivity contribution in [1.29, 1.82) is 0 Å². The van der Waals surface area contributed by atoms with Crippen molar-refractivity contribution in [2.24, 2.45) is 0 Å². The minimum atomic E-state index is 0.305. The second-order valence-corrected chi connectivity index (χ2v) is 5.64. The number of piperidine rings is 1. The monoisotopic (exact) mass is 293 g/mol. The molecule has 1 N–H and O–H groups in total. The molecular weight excluding hydrogens is 270 g/mol. The predicted molar refractivity (Wildman–Crippen MR) is 78.9 cm³/mol. The van der Waals surface area contributed by atoms with Crippen LogP contribution < -0.4 is 19.7 Å². The van der Waals surface area contributed by atoms with Gasteiger partial charge in [-0.2, -0.15) is 9.97 Å². The number of methoxy groups -OCH3 is 2. The predicted octanol–water partition coefficient (Wildman–Crippen LogP) is 1.000. The van der Waals surface area contributed by atoms with Gasteiger partial charge in [0, 0.05) is 18.6 Å². The SMILES string of the molecule is COc1nc(OC)nc(N(CC2CCCCN2)C2CC2)n1. The zero-order valence-corrected chi connectivity index (χ0v) is 12.7. The lowest BCUT2D eigenvalue weighted by Crippen LogP contribution is -2.45. The van der Waals surface area contributed by atoms with Crippen LogP contribution in [0.4, 0.5) is 5.95 Å². The molecule has 2 aliphatic rings. The van der Waals surface area contributed by atoms with E-state index in [-0.39, 0.29) is 0 Å². The van der Waals surface area contributed by atoms with E-state index in [1.54, 1.807) is 14.2 Å². The van der Waals surface area contributed by atoms with Crippen LogP contribution in [0, 0.1) is 0 Å². The first-order valence-electron chi connectivity index (χ1n) is 7.64. The molecule has 7 heteroatoms. The van der Waals surface area contributed by atoms with Crippen LogP contribution in [-0.4, -0.2) is 54.3 Å². The molecule has 0 radical (unpaired) electrons.